The van der Waals surface area contributed by atoms with Gasteiger partial charge in [0.1, 0.15) is 0 Å². The summed E-state index contributed by atoms with van der Waals surface area (Å²) in [6.07, 6.45) is 0. The summed E-state index contributed by atoms with van der Waals surface area (Å²) < 4.78 is 0.675. The van der Waals surface area contributed by atoms with Crippen LogP contribution in [0.4, 0.5) is 0 Å². The highest BCUT2D eigenvalue weighted by atomic mass is 127. The zero-order valence-corrected chi connectivity index (χ0v) is 8.96. The molecule has 0 saturated heterocycles. The van der Waals surface area contributed by atoms with Gasteiger partial charge in [0.05, 0.1) is 8.75 Å². The zero-order chi connectivity index (χ0) is 7.14. The summed E-state index contributed by atoms with van der Waals surface area (Å²) in [6, 6.07) is 8.58. The van der Waals surface area contributed by atoms with Crippen LogP contribution in [0.1, 0.15) is 19.9 Å². The molecule has 0 radical (unpaired) electrons. The molecule has 0 nitrogen and oxygen atoms in total. The van der Waals surface area contributed by atoms with Crippen molar-refractivity contribution in [3.63, 3.8) is 0 Å². The van der Waals surface area contributed by atoms with Gasteiger partial charge in [-0.15, -0.1) is 0 Å². The molecule has 1 aliphatic carbocycles. The first-order valence-corrected chi connectivity index (χ1v) is 5.34. The minimum Gasteiger partial charge on any atom is -0.0823 e. The Kier molecular flexibility index (Phi) is 1.76. The van der Waals surface area contributed by atoms with Gasteiger partial charge in [-0.2, -0.15) is 0 Å². The van der Waals surface area contributed by atoms with Crippen molar-refractivity contribution in [1.29, 1.82) is 0 Å². The van der Waals surface area contributed by atoms with E-state index in [0.29, 0.717) is 8.75 Å². The summed E-state index contributed by atoms with van der Waals surface area (Å²) in [4.78, 5) is 0.587. The molecule has 0 bridgehead atoms. The summed E-state index contributed by atoms with van der Waals surface area (Å²) >= 11 is 6.08. The standard InChI is InChI=1S/C8H6BrI/c9-7-5-3-1-2-4-6(5)8(7)10/h1-4,7-8H. The van der Waals surface area contributed by atoms with E-state index in [1.54, 1.807) is 0 Å². The van der Waals surface area contributed by atoms with E-state index in [4.69, 9.17) is 0 Å². The fourth-order valence-electron chi connectivity index (χ4n) is 1.23. The maximum Gasteiger partial charge on any atom is 0.0556 e. The first-order chi connectivity index (χ1) is 4.80. The van der Waals surface area contributed by atoms with Crippen LogP contribution in [0.2, 0.25) is 0 Å². The van der Waals surface area contributed by atoms with Crippen molar-refractivity contribution in [3.8, 4) is 0 Å². The molecule has 1 aliphatic rings. The number of hydrogen-bond acceptors (Lipinski definition) is 0. The van der Waals surface area contributed by atoms with Crippen molar-refractivity contribution in [3.05, 3.63) is 35.4 Å². The summed E-state index contributed by atoms with van der Waals surface area (Å²) in [5.74, 6) is 0. The third-order valence-corrected chi connectivity index (χ3v) is 5.25. The van der Waals surface area contributed by atoms with Gasteiger partial charge in [-0.3, -0.25) is 0 Å². The number of fused-ring (bicyclic) bond motifs is 1. The fraction of sp³-hybridized carbons (Fsp3) is 0.250. The van der Waals surface area contributed by atoms with Crippen molar-refractivity contribution in [1.82, 2.24) is 0 Å². The molecule has 0 amide bonds. The number of alkyl halides is 2. The van der Waals surface area contributed by atoms with Gasteiger partial charge in [0, 0.05) is 0 Å². The normalized spacial score (nSPS) is 29.0. The van der Waals surface area contributed by atoms with Crippen LogP contribution < -0.4 is 0 Å². The quantitative estimate of drug-likeness (QED) is 0.507. The Balaban J connectivity index is 2.50. The molecule has 0 spiro atoms. The lowest BCUT2D eigenvalue weighted by Gasteiger charge is -2.31. The second kappa shape index (κ2) is 2.48. The van der Waals surface area contributed by atoms with Crippen molar-refractivity contribution < 1.29 is 0 Å². The van der Waals surface area contributed by atoms with Crippen molar-refractivity contribution in [2.24, 2.45) is 0 Å². The van der Waals surface area contributed by atoms with Crippen molar-refractivity contribution in [2.75, 3.05) is 0 Å². The zero-order valence-electron chi connectivity index (χ0n) is 5.22. The summed E-state index contributed by atoms with van der Waals surface area (Å²) in [5.41, 5.74) is 2.95. The molecule has 0 aromatic heterocycles. The van der Waals surface area contributed by atoms with Crippen LogP contribution in [0, 0.1) is 0 Å². The highest BCUT2D eigenvalue weighted by Gasteiger charge is 2.32. The molecule has 2 rings (SSSR count). The van der Waals surface area contributed by atoms with E-state index < -0.39 is 0 Å². The van der Waals surface area contributed by atoms with E-state index in [9.17, 15) is 0 Å². The molecule has 52 valence electrons. The Morgan fingerprint density at radius 1 is 1.20 bits per heavy atom. The van der Waals surface area contributed by atoms with Crippen LogP contribution in [0.25, 0.3) is 0 Å². The first-order valence-electron chi connectivity index (χ1n) is 3.17. The maximum absolute atomic E-state index is 3.62. The lowest BCUT2D eigenvalue weighted by atomic mass is 9.89. The average Bonchev–Trinajstić information content (AvgIpc) is 2.03. The summed E-state index contributed by atoms with van der Waals surface area (Å²) in [6.45, 7) is 0. The summed E-state index contributed by atoms with van der Waals surface area (Å²) in [5, 5.41) is 0. The smallest absolute Gasteiger partial charge is 0.0556 e. The second-order valence-corrected chi connectivity index (χ2v) is 4.76. The van der Waals surface area contributed by atoms with Crippen LogP contribution in [0.3, 0.4) is 0 Å². The molecule has 2 unspecified atom stereocenters. The molecular formula is C8H6BrI. The van der Waals surface area contributed by atoms with E-state index >= 15 is 0 Å². The van der Waals surface area contributed by atoms with Crippen LogP contribution in [0.5, 0.6) is 0 Å². The van der Waals surface area contributed by atoms with E-state index in [-0.39, 0.29) is 0 Å². The predicted molar refractivity (Wildman–Crippen MR) is 54.9 cm³/mol. The number of benzene rings is 1. The Labute approximate surface area is 82.3 Å². The van der Waals surface area contributed by atoms with E-state index in [1.807, 2.05) is 0 Å². The highest BCUT2D eigenvalue weighted by molar-refractivity contribution is 14.1. The molecule has 0 saturated carbocycles. The topological polar surface area (TPSA) is 0 Å². The van der Waals surface area contributed by atoms with Gasteiger partial charge in [-0.1, -0.05) is 62.8 Å². The van der Waals surface area contributed by atoms with Gasteiger partial charge >= 0.3 is 0 Å². The Morgan fingerprint density at radius 3 is 2.40 bits per heavy atom. The molecule has 0 N–H and O–H groups in total. The van der Waals surface area contributed by atoms with Crippen LogP contribution in [0.15, 0.2) is 24.3 Å². The first kappa shape index (κ1) is 7.10. The predicted octanol–water partition coefficient (Wildman–Crippen LogP) is 3.61. The van der Waals surface area contributed by atoms with Crippen molar-refractivity contribution >= 4 is 38.5 Å². The molecule has 0 aliphatic heterocycles. The lowest BCUT2D eigenvalue weighted by Crippen LogP contribution is -2.13. The number of halogens is 2. The Morgan fingerprint density at radius 2 is 1.80 bits per heavy atom. The number of rotatable bonds is 0. The van der Waals surface area contributed by atoms with Gasteiger partial charge in [-0.25, -0.2) is 0 Å². The van der Waals surface area contributed by atoms with Gasteiger partial charge in [0.2, 0.25) is 0 Å². The minimum atomic E-state index is 0.587. The van der Waals surface area contributed by atoms with Crippen LogP contribution in [-0.4, -0.2) is 0 Å². The number of hydrogen-bond donors (Lipinski definition) is 0. The minimum absolute atomic E-state index is 0.587. The third-order valence-electron chi connectivity index (χ3n) is 1.85. The molecule has 1 aromatic rings. The van der Waals surface area contributed by atoms with E-state index in [1.165, 1.54) is 11.1 Å². The molecule has 1 aromatic carbocycles. The monoisotopic (exact) mass is 308 g/mol. The van der Waals surface area contributed by atoms with E-state index in [2.05, 4.69) is 62.8 Å². The lowest BCUT2D eigenvalue weighted by molar-refractivity contribution is 0.836. The molecule has 2 heteroatoms. The molecule has 0 heterocycles. The maximum atomic E-state index is 3.62. The third kappa shape index (κ3) is 0.848. The van der Waals surface area contributed by atoms with Gasteiger partial charge in [-0.05, 0) is 11.1 Å². The van der Waals surface area contributed by atoms with Crippen molar-refractivity contribution in [2.45, 2.75) is 8.75 Å². The van der Waals surface area contributed by atoms with Crippen LogP contribution >= 0.6 is 38.5 Å². The highest BCUT2D eigenvalue weighted by Crippen LogP contribution is 2.53. The molecule has 10 heavy (non-hydrogen) atoms. The molecule has 0 fully saturated rings. The largest absolute Gasteiger partial charge is 0.0823 e. The van der Waals surface area contributed by atoms with E-state index in [0.717, 1.165) is 0 Å². The fourth-order valence-corrected chi connectivity index (χ4v) is 2.89. The van der Waals surface area contributed by atoms with Gasteiger partial charge in [0.15, 0.2) is 0 Å². The van der Waals surface area contributed by atoms with Gasteiger partial charge < -0.3 is 0 Å². The molecular weight excluding hydrogens is 303 g/mol. The van der Waals surface area contributed by atoms with Gasteiger partial charge in [0.25, 0.3) is 0 Å². The molecule has 2 atom stereocenters. The Hall–Kier alpha value is 0.430. The van der Waals surface area contributed by atoms with Crippen LogP contribution in [-0.2, 0) is 0 Å². The Bertz CT molecular complexity index is 232. The summed E-state index contributed by atoms with van der Waals surface area (Å²) in [7, 11) is 0. The average molecular weight is 309 g/mol. The second-order valence-electron chi connectivity index (χ2n) is 2.43. The SMILES string of the molecule is BrC1c2ccccc2C1I.